The maximum Gasteiger partial charge on any atom is 0.313 e. The number of amides is 3. The number of rotatable bonds is 17. The van der Waals surface area contributed by atoms with Gasteiger partial charge in [0.15, 0.2) is 0 Å². The van der Waals surface area contributed by atoms with E-state index in [0.717, 1.165) is 5.52 Å². The molecular formula is C41H51BrN6O7. The number of allylic oxidation sites excluding steroid dienone is 1. The summed E-state index contributed by atoms with van der Waals surface area (Å²) in [6, 6.07) is 14.1. The number of likely N-dealkylation sites (tertiary alicyclic amines) is 1. The molecule has 3 saturated heterocycles. The van der Waals surface area contributed by atoms with Crippen molar-refractivity contribution < 1.29 is 33.8 Å². The van der Waals surface area contributed by atoms with E-state index in [1.807, 2.05) is 75.4 Å². The molecule has 10 atom stereocenters. The first-order chi connectivity index (χ1) is 26.4. The first-order valence-corrected chi connectivity index (χ1v) is 19.9. The molecule has 3 aliphatic heterocycles. The van der Waals surface area contributed by atoms with E-state index in [4.69, 9.17) is 9.47 Å². The van der Waals surface area contributed by atoms with Gasteiger partial charge < -0.3 is 29.3 Å². The van der Waals surface area contributed by atoms with E-state index in [9.17, 15) is 14.7 Å². The summed E-state index contributed by atoms with van der Waals surface area (Å²) in [6.45, 7) is 13.1. The average Bonchev–Trinajstić information content (AvgIpc) is 3.92. The Labute approximate surface area is 330 Å². The second-order valence-corrected chi connectivity index (χ2v) is 16.1. The lowest BCUT2D eigenvalue weighted by molar-refractivity contribution is -0.165. The lowest BCUT2D eigenvalue weighted by Crippen LogP contribution is -2.60. The van der Waals surface area contributed by atoms with Crippen LogP contribution in [0.5, 0.6) is 0 Å². The van der Waals surface area contributed by atoms with Crippen LogP contribution in [0.3, 0.4) is 0 Å². The monoisotopic (exact) mass is 818 g/mol. The summed E-state index contributed by atoms with van der Waals surface area (Å²) in [5.41, 5.74) is 0.668. The van der Waals surface area contributed by atoms with Gasteiger partial charge in [-0.15, -0.1) is 18.3 Å². The first kappa shape index (κ1) is 40.3. The van der Waals surface area contributed by atoms with E-state index >= 15 is 9.59 Å². The Morgan fingerprint density at radius 1 is 1.13 bits per heavy atom. The third-order valence-corrected chi connectivity index (χ3v) is 12.7. The van der Waals surface area contributed by atoms with Crippen LogP contribution >= 0.6 is 15.9 Å². The van der Waals surface area contributed by atoms with Gasteiger partial charge in [0.25, 0.3) is 0 Å². The number of carbonyl (C=O) groups is 4. The molecule has 2 aromatic carbocycles. The second-order valence-electron chi connectivity index (χ2n) is 15.0. The van der Waals surface area contributed by atoms with Gasteiger partial charge in [0.2, 0.25) is 17.7 Å². The summed E-state index contributed by atoms with van der Waals surface area (Å²) < 4.78 is 14.8. The van der Waals surface area contributed by atoms with Crippen molar-refractivity contribution >= 4 is 50.7 Å². The third-order valence-electron chi connectivity index (χ3n) is 11.8. The molecule has 0 radical (unpaired) electrons. The Morgan fingerprint density at radius 2 is 1.84 bits per heavy atom. The van der Waals surface area contributed by atoms with Gasteiger partial charge in [-0.25, -0.2) is 4.68 Å². The highest BCUT2D eigenvalue weighted by Crippen LogP contribution is 2.61. The number of hydrogen-bond donors (Lipinski definition) is 1. The summed E-state index contributed by atoms with van der Waals surface area (Å²) in [5.74, 6) is -3.97. The number of benzene rings is 2. The molecule has 3 amide bonds. The average molecular weight is 820 g/mol. The van der Waals surface area contributed by atoms with Gasteiger partial charge in [-0.3, -0.25) is 19.2 Å². The number of esters is 1. The van der Waals surface area contributed by atoms with Crippen LogP contribution in [0.1, 0.15) is 58.1 Å². The standard InChI is InChI=1S/C41H51BrN6O7/c1-7-10-20-32(50)45(6)26(5)35(27-16-12-11-13-17-27)54-40(53)33-34-38(51)48(31(23-49)25(4)9-3)37(41(34)22-28(42)36(33)55-41)39(52)46(21-8-2)24-47-30-19-15-14-18-29(30)43-44-47/h7-8,11-19,25-26,28,31,33-37,49H,1-2,9-10,20-24H2,3-6H3/t25-,26-,28?,31-,33-,34+,35+,36-,37-,41+/m0/s1. The van der Waals surface area contributed by atoms with Gasteiger partial charge in [-0.2, -0.15) is 0 Å². The van der Waals surface area contributed by atoms with Crippen LogP contribution in [0.4, 0.5) is 0 Å². The highest BCUT2D eigenvalue weighted by Gasteiger charge is 2.78. The van der Waals surface area contributed by atoms with Crippen LogP contribution in [0.25, 0.3) is 11.0 Å². The van der Waals surface area contributed by atoms with Gasteiger partial charge in [-0.05, 0) is 43.4 Å². The molecule has 1 spiro atoms. The summed E-state index contributed by atoms with van der Waals surface area (Å²) in [7, 11) is 1.68. The van der Waals surface area contributed by atoms with E-state index < -0.39 is 72.2 Å². The number of hydrogen-bond acceptors (Lipinski definition) is 9. The van der Waals surface area contributed by atoms with Gasteiger partial charge in [0, 0.05) is 24.8 Å². The van der Waals surface area contributed by atoms with Crippen LogP contribution in [0.2, 0.25) is 0 Å². The number of nitrogens with zero attached hydrogens (tertiary/aromatic N) is 6. The van der Waals surface area contributed by atoms with Crippen molar-refractivity contribution in [3.8, 4) is 0 Å². The van der Waals surface area contributed by atoms with Crippen molar-refractivity contribution in [1.82, 2.24) is 29.7 Å². The van der Waals surface area contributed by atoms with Crippen LogP contribution in [0.15, 0.2) is 79.9 Å². The van der Waals surface area contributed by atoms with Crippen LogP contribution in [-0.2, 0) is 35.3 Å². The molecule has 0 aliphatic carbocycles. The molecule has 294 valence electrons. The zero-order valence-corrected chi connectivity index (χ0v) is 33.5. The number of fused-ring (bicyclic) bond motifs is 2. The highest BCUT2D eigenvalue weighted by molar-refractivity contribution is 9.09. The van der Waals surface area contributed by atoms with Gasteiger partial charge in [-0.1, -0.05) is 96.0 Å². The number of aliphatic hydroxyl groups is 1. The number of alkyl halides is 1. The van der Waals surface area contributed by atoms with Crippen molar-refractivity contribution in [3.05, 3.63) is 85.5 Å². The van der Waals surface area contributed by atoms with E-state index in [2.05, 4.69) is 39.4 Å². The molecular weight excluding hydrogens is 768 g/mol. The van der Waals surface area contributed by atoms with Crippen molar-refractivity contribution in [2.45, 2.75) is 93.9 Å². The Hall–Kier alpha value is -4.40. The number of likely N-dealkylation sites (N-methyl/N-ethyl adjacent to an activating group) is 1. The predicted octanol–water partition coefficient (Wildman–Crippen LogP) is 4.66. The minimum atomic E-state index is -1.41. The minimum Gasteiger partial charge on any atom is -0.455 e. The number of aromatic nitrogens is 3. The van der Waals surface area contributed by atoms with Crippen LogP contribution in [0, 0.1) is 17.8 Å². The number of carbonyl (C=O) groups excluding carboxylic acids is 4. The van der Waals surface area contributed by atoms with Gasteiger partial charge in [0.05, 0.1) is 42.1 Å². The lowest BCUT2D eigenvalue weighted by Gasteiger charge is -2.40. The molecule has 55 heavy (non-hydrogen) atoms. The second kappa shape index (κ2) is 16.8. The van der Waals surface area contributed by atoms with Crippen molar-refractivity contribution in [1.29, 1.82) is 0 Å². The summed E-state index contributed by atoms with van der Waals surface area (Å²) in [6.07, 6.45) is 3.31. The number of halogens is 1. The molecule has 14 heteroatoms. The van der Waals surface area contributed by atoms with Crippen LogP contribution < -0.4 is 0 Å². The molecule has 1 aromatic heterocycles. The van der Waals surface area contributed by atoms with Gasteiger partial charge in [0.1, 0.15) is 29.9 Å². The number of ether oxygens (including phenoxy) is 2. The summed E-state index contributed by atoms with van der Waals surface area (Å²) in [5, 5.41) is 19.4. The highest BCUT2D eigenvalue weighted by atomic mass is 79.9. The molecule has 6 rings (SSSR count). The van der Waals surface area contributed by atoms with E-state index in [0.29, 0.717) is 23.9 Å². The van der Waals surface area contributed by atoms with Crippen molar-refractivity contribution in [2.75, 3.05) is 20.2 Å². The van der Waals surface area contributed by atoms with E-state index in [-0.39, 0.29) is 42.7 Å². The quantitative estimate of drug-likeness (QED) is 0.117. The molecule has 13 nitrogen and oxygen atoms in total. The van der Waals surface area contributed by atoms with Crippen molar-refractivity contribution in [3.63, 3.8) is 0 Å². The molecule has 1 unspecified atom stereocenters. The zero-order chi connectivity index (χ0) is 39.6. The largest absolute Gasteiger partial charge is 0.455 e. The summed E-state index contributed by atoms with van der Waals surface area (Å²) in [4.78, 5) is 62.2. The Bertz CT molecular complexity index is 1910. The summed E-state index contributed by atoms with van der Waals surface area (Å²) >= 11 is 3.76. The smallest absolute Gasteiger partial charge is 0.313 e. The lowest BCUT2D eigenvalue weighted by atomic mass is 9.70. The van der Waals surface area contributed by atoms with Crippen molar-refractivity contribution in [2.24, 2.45) is 17.8 Å². The van der Waals surface area contributed by atoms with E-state index in [1.54, 1.807) is 33.7 Å². The van der Waals surface area contributed by atoms with Crippen LogP contribution in [-0.4, -0.2) is 113 Å². The Balaban J connectivity index is 1.38. The van der Waals surface area contributed by atoms with E-state index in [1.165, 1.54) is 4.90 Å². The molecule has 3 aromatic rings. The molecule has 0 saturated carbocycles. The first-order valence-electron chi connectivity index (χ1n) is 19.0. The molecule has 1 N–H and O–H groups in total. The zero-order valence-electron chi connectivity index (χ0n) is 31.9. The van der Waals surface area contributed by atoms with Gasteiger partial charge >= 0.3 is 5.97 Å². The topological polar surface area (TPSA) is 147 Å². The molecule has 3 fully saturated rings. The fraction of sp³-hybridized carbons (Fsp3) is 0.512. The molecule has 2 bridgehead atoms. The Morgan fingerprint density at radius 3 is 2.51 bits per heavy atom. The fourth-order valence-electron chi connectivity index (χ4n) is 8.64. The third kappa shape index (κ3) is 7.24. The molecule has 3 aliphatic rings. The number of aliphatic hydroxyl groups excluding tert-OH is 1. The maximum atomic E-state index is 15.1. The fourth-order valence-corrected chi connectivity index (χ4v) is 9.58. The number of para-hydroxylation sites is 1. The maximum absolute atomic E-state index is 15.1. The predicted molar refractivity (Wildman–Crippen MR) is 209 cm³/mol. The minimum absolute atomic E-state index is 0.0140. The molecule has 4 heterocycles. The normalized spacial score (nSPS) is 26.3. The Kier molecular flexibility index (Phi) is 12.3. The SMILES string of the molecule is C=CCCC(=O)N(C)[C@@H](C)[C@@H](OC(=O)[C@@H]1[C@H]2O[C@@]3(CC2Br)[C@H](C(=O)N(CC=C)Cn2nnc4ccccc42)N([C@@H](CO)[C@@H](C)CC)C(=O)[C@@H]13)c1ccccc1.